The number of nitrogens with one attached hydrogen (secondary N) is 3. The van der Waals surface area contributed by atoms with Gasteiger partial charge in [0.15, 0.2) is 0 Å². The number of benzene rings is 2. The van der Waals surface area contributed by atoms with Crippen LogP contribution in [0.4, 0.5) is 5.69 Å². The van der Waals surface area contributed by atoms with Gasteiger partial charge in [0.25, 0.3) is 11.5 Å². The van der Waals surface area contributed by atoms with E-state index in [2.05, 4.69) is 16.2 Å². The van der Waals surface area contributed by atoms with Gasteiger partial charge in [-0.25, -0.2) is 10.1 Å². The van der Waals surface area contributed by atoms with Gasteiger partial charge in [-0.2, -0.15) is 5.26 Å². The van der Waals surface area contributed by atoms with Gasteiger partial charge < -0.3 is 5.32 Å². The van der Waals surface area contributed by atoms with Crippen LogP contribution in [0.1, 0.15) is 22.9 Å². The Morgan fingerprint density at radius 3 is 2.52 bits per heavy atom. The molecule has 0 radical (unpaired) electrons. The molecule has 2 unspecified atom stereocenters. The third-order valence-electron chi connectivity index (χ3n) is 6.00. The zero-order chi connectivity index (χ0) is 23.5. The van der Waals surface area contributed by atoms with Crippen molar-refractivity contribution in [3.8, 4) is 11.8 Å². The number of aromatic nitrogens is 2. The molecule has 3 aromatic rings. The molecule has 1 amide bonds. The Morgan fingerprint density at radius 2 is 1.85 bits per heavy atom. The number of hydrogen-bond acceptors (Lipinski definition) is 5. The van der Waals surface area contributed by atoms with Crippen LogP contribution in [0.25, 0.3) is 5.69 Å². The van der Waals surface area contributed by atoms with Crippen LogP contribution >= 0.6 is 0 Å². The van der Waals surface area contributed by atoms with Crippen molar-refractivity contribution >= 4 is 11.6 Å². The smallest absolute Gasteiger partial charge is 0.295 e. The number of aryl methyl sites for hydroxylation is 1. The van der Waals surface area contributed by atoms with E-state index in [1.54, 1.807) is 24.7 Å². The standard InChI is InChI=1S/C25H26N6O2/c1-16-9-11-18(12-10-16)23-20(15-27-29-23)13-19(14-26)24(32)28-22-17(2)30(3)31(25(22)33)21-7-5-4-6-8-21/h4-13,20,23,27,29H,15H2,1-3H3,(H,28,32)/b19-13+. The lowest BCUT2D eigenvalue weighted by Gasteiger charge is -2.16. The highest BCUT2D eigenvalue weighted by Crippen LogP contribution is 2.27. The molecule has 3 N–H and O–H groups in total. The molecule has 0 spiro atoms. The number of carbonyl (C=O) groups excluding carboxylic acids is 1. The van der Waals surface area contributed by atoms with Crippen molar-refractivity contribution in [2.24, 2.45) is 13.0 Å². The van der Waals surface area contributed by atoms with E-state index in [0.29, 0.717) is 17.9 Å². The van der Waals surface area contributed by atoms with Crippen LogP contribution in [0, 0.1) is 31.1 Å². The lowest BCUT2D eigenvalue weighted by atomic mass is 9.92. The molecule has 2 aromatic carbocycles. The summed E-state index contributed by atoms with van der Waals surface area (Å²) >= 11 is 0. The molecule has 168 valence electrons. The summed E-state index contributed by atoms with van der Waals surface area (Å²) in [6, 6.07) is 19.2. The number of nitriles is 1. The topological polar surface area (TPSA) is 104 Å². The highest BCUT2D eigenvalue weighted by molar-refractivity contribution is 6.06. The molecule has 1 aliphatic rings. The monoisotopic (exact) mass is 442 g/mol. The molecular formula is C25H26N6O2. The predicted octanol–water partition coefficient (Wildman–Crippen LogP) is 2.65. The van der Waals surface area contributed by atoms with Crippen LogP contribution in [-0.2, 0) is 11.8 Å². The quantitative estimate of drug-likeness (QED) is 0.416. The number of para-hydroxylation sites is 1. The minimum absolute atomic E-state index is 0.0310. The van der Waals surface area contributed by atoms with E-state index < -0.39 is 5.91 Å². The average molecular weight is 443 g/mol. The van der Waals surface area contributed by atoms with Crippen LogP contribution in [-0.4, -0.2) is 21.8 Å². The molecule has 0 aliphatic carbocycles. The molecular weight excluding hydrogens is 416 g/mol. The third kappa shape index (κ3) is 4.37. The van der Waals surface area contributed by atoms with Crippen LogP contribution in [0.3, 0.4) is 0 Å². The molecule has 2 atom stereocenters. The van der Waals surface area contributed by atoms with Crippen molar-refractivity contribution in [3.63, 3.8) is 0 Å². The van der Waals surface area contributed by atoms with Crippen LogP contribution in [0.5, 0.6) is 0 Å². The van der Waals surface area contributed by atoms with Gasteiger partial charge in [-0.05, 0) is 31.5 Å². The molecule has 33 heavy (non-hydrogen) atoms. The van der Waals surface area contributed by atoms with E-state index in [1.165, 1.54) is 4.68 Å². The summed E-state index contributed by atoms with van der Waals surface area (Å²) in [5.74, 6) is -0.705. The number of nitrogens with zero attached hydrogens (tertiary/aromatic N) is 3. The maximum Gasteiger partial charge on any atom is 0.295 e. The van der Waals surface area contributed by atoms with Crippen molar-refractivity contribution in [3.05, 3.63) is 93.4 Å². The van der Waals surface area contributed by atoms with Gasteiger partial charge >= 0.3 is 0 Å². The second kappa shape index (κ2) is 9.28. The summed E-state index contributed by atoms with van der Waals surface area (Å²) in [7, 11) is 1.75. The predicted molar refractivity (Wildman–Crippen MR) is 127 cm³/mol. The molecule has 4 rings (SSSR count). The first-order chi connectivity index (χ1) is 15.9. The Labute approximate surface area is 192 Å². The number of carbonyl (C=O) groups is 1. The SMILES string of the molecule is Cc1ccc(C2NNCC2/C=C(\C#N)C(=O)Nc2c(C)n(C)n(-c3ccccc3)c2=O)cc1. The lowest BCUT2D eigenvalue weighted by molar-refractivity contribution is -0.112. The number of hydrazine groups is 1. The van der Waals surface area contributed by atoms with Crippen molar-refractivity contribution in [1.82, 2.24) is 20.2 Å². The first-order valence-corrected chi connectivity index (χ1v) is 10.7. The summed E-state index contributed by atoms with van der Waals surface area (Å²) < 4.78 is 3.17. The highest BCUT2D eigenvalue weighted by Gasteiger charge is 2.28. The summed E-state index contributed by atoms with van der Waals surface area (Å²) in [6.07, 6.45) is 1.67. The van der Waals surface area contributed by atoms with Crippen molar-refractivity contribution in [1.29, 1.82) is 5.26 Å². The Balaban J connectivity index is 1.60. The molecule has 1 aliphatic heterocycles. The Morgan fingerprint density at radius 1 is 1.15 bits per heavy atom. The maximum atomic E-state index is 13.1. The van der Waals surface area contributed by atoms with Crippen LogP contribution < -0.4 is 21.7 Å². The largest absolute Gasteiger partial charge is 0.315 e. The summed E-state index contributed by atoms with van der Waals surface area (Å²) in [4.78, 5) is 26.1. The van der Waals surface area contributed by atoms with E-state index >= 15 is 0 Å². The van der Waals surface area contributed by atoms with E-state index in [0.717, 1.165) is 11.1 Å². The van der Waals surface area contributed by atoms with Gasteiger partial charge in [0, 0.05) is 19.5 Å². The Kier molecular flexibility index (Phi) is 6.27. The fourth-order valence-corrected chi connectivity index (χ4v) is 4.04. The zero-order valence-electron chi connectivity index (χ0n) is 18.8. The maximum absolute atomic E-state index is 13.1. The molecule has 8 nitrogen and oxygen atoms in total. The van der Waals surface area contributed by atoms with Gasteiger partial charge in [-0.3, -0.25) is 19.7 Å². The fraction of sp³-hybridized carbons (Fsp3) is 0.240. The second-order valence-electron chi connectivity index (χ2n) is 8.16. The number of rotatable bonds is 5. The molecule has 1 fully saturated rings. The first kappa shape index (κ1) is 22.3. The molecule has 8 heteroatoms. The highest BCUT2D eigenvalue weighted by atomic mass is 16.2. The van der Waals surface area contributed by atoms with Gasteiger partial charge in [-0.15, -0.1) is 0 Å². The van der Waals surface area contributed by atoms with E-state index in [9.17, 15) is 14.9 Å². The summed E-state index contributed by atoms with van der Waals surface area (Å²) in [5.41, 5.74) is 9.60. The minimum Gasteiger partial charge on any atom is -0.315 e. The van der Waals surface area contributed by atoms with Crippen molar-refractivity contribution in [2.75, 3.05) is 11.9 Å². The fourth-order valence-electron chi connectivity index (χ4n) is 4.04. The Bertz CT molecular complexity index is 1300. The van der Waals surface area contributed by atoms with E-state index in [1.807, 2.05) is 67.6 Å². The normalized spacial score (nSPS) is 18.2. The molecule has 1 saturated heterocycles. The minimum atomic E-state index is -0.599. The van der Waals surface area contributed by atoms with Crippen LogP contribution in [0.15, 0.2) is 71.0 Å². The van der Waals surface area contributed by atoms with Gasteiger partial charge in [0.2, 0.25) is 0 Å². The first-order valence-electron chi connectivity index (χ1n) is 10.7. The van der Waals surface area contributed by atoms with Gasteiger partial charge in [-0.1, -0.05) is 54.1 Å². The van der Waals surface area contributed by atoms with Gasteiger partial charge in [0.05, 0.1) is 17.4 Å². The van der Waals surface area contributed by atoms with Crippen molar-refractivity contribution in [2.45, 2.75) is 19.9 Å². The van der Waals surface area contributed by atoms with Crippen LogP contribution in [0.2, 0.25) is 0 Å². The zero-order valence-corrected chi connectivity index (χ0v) is 18.8. The average Bonchev–Trinajstić information content (AvgIpc) is 3.37. The number of anilines is 1. The molecule has 1 aromatic heterocycles. The Hall–Kier alpha value is -3.93. The van der Waals surface area contributed by atoms with E-state index in [-0.39, 0.29) is 28.8 Å². The van der Waals surface area contributed by atoms with Crippen molar-refractivity contribution < 1.29 is 4.79 Å². The number of hydrogen-bond donors (Lipinski definition) is 3. The molecule has 0 bridgehead atoms. The number of amides is 1. The third-order valence-corrected chi connectivity index (χ3v) is 6.00. The lowest BCUT2D eigenvalue weighted by Crippen LogP contribution is -2.25. The summed E-state index contributed by atoms with van der Waals surface area (Å²) in [5, 5.41) is 12.4. The second-order valence-corrected chi connectivity index (χ2v) is 8.16. The van der Waals surface area contributed by atoms with E-state index in [4.69, 9.17) is 0 Å². The molecule has 2 heterocycles. The van der Waals surface area contributed by atoms with Gasteiger partial charge in [0.1, 0.15) is 17.3 Å². The summed E-state index contributed by atoms with van der Waals surface area (Å²) in [6.45, 7) is 4.35. The molecule has 0 saturated carbocycles.